The quantitative estimate of drug-likeness (QED) is 0.213. The SMILES string of the molecule is O=C(Nc1ccc(-c2ccccn2)nc1)[C@@H]1CCCN1C(=O)[C@@H]1CCCN1C(=O)[C@@H]1CCCN1C(=O)[C@@H]1CCCN1C(=O)[C@@H]1CCCN1C(=O)[C@@H]1CCCN1C(=O)[C@@H]1CCCN1C(=O)[C@@H]1CCCN1C(=O)c1ccc(-c2ccccn2)nc1. The number of hydrogen-bond acceptors (Lipinski definition) is 13. The van der Waals surface area contributed by atoms with Gasteiger partial charge in [0, 0.05) is 70.9 Å². The van der Waals surface area contributed by atoms with Crippen molar-refractivity contribution in [3.8, 4) is 22.8 Å². The van der Waals surface area contributed by atoms with Crippen molar-refractivity contribution in [2.45, 2.75) is 151 Å². The molecule has 0 spiro atoms. The Morgan fingerprint density at radius 2 is 0.627 bits per heavy atom. The van der Waals surface area contributed by atoms with Gasteiger partial charge >= 0.3 is 0 Å². The maximum Gasteiger partial charge on any atom is 0.256 e. The first-order valence-electron chi connectivity index (χ1n) is 30.0. The number of pyridine rings is 4. The van der Waals surface area contributed by atoms with Crippen LogP contribution in [0.25, 0.3) is 22.8 Å². The smallest absolute Gasteiger partial charge is 0.256 e. The average molecular weight is 1130 g/mol. The molecule has 0 aromatic carbocycles. The van der Waals surface area contributed by atoms with Crippen LogP contribution in [0.1, 0.15) is 113 Å². The van der Waals surface area contributed by atoms with Crippen LogP contribution in [0.4, 0.5) is 5.69 Å². The van der Waals surface area contributed by atoms with Crippen molar-refractivity contribution >= 4 is 58.9 Å². The van der Waals surface area contributed by atoms with Gasteiger partial charge in [0.05, 0.1) is 40.2 Å². The number of carbonyl (C=O) groups excluding carboxylic acids is 9. The molecule has 8 aliphatic heterocycles. The highest BCUT2D eigenvalue weighted by Crippen LogP contribution is 2.35. The fraction of sp³-hybridized carbons (Fsp3) is 0.525. The van der Waals surface area contributed by atoms with E-state index in [9.17, 15) is 43.2 Å². The van der Waals surface area contributed by atoms with Crippen molar-refractivity contribution in [3.63, 3.8) is 0 Å². The van der Waals surface area contributed by atoms with Gasteiger partial charge in [-0.15, -0.1) is 0 Å². The average Bonchev–Trinajstić information content (AvgIpc) is 4.50. The number of likely N-dealkylation sites (tertiary alicyclic amines) is 8. The minimum absolute atomic E-state index is 0.278. The third kappa shape index (κ3) is 10.8. The second-order valence-electron chi connectivity index (χ2n) is 23.3. The molecule has 0 saturated carbocycles. The summed E-state index contributed by atoms with van der Waals surface area (Å²) in [6, 6.07) is 11.7. The van der Waals surface area contributed by atoms with Crippen molar-refractivity contribution in [1.29, 1.82) is 0 Å². The molecule has 8 atom stereocenters. The standard InChI is InChI=1S/C61H71N13O9/c75-53(66-40-24-26-44(65-38-40)42-14-2-4-28-63-42)45-15-5-29-67(45)55(77)47-17-7-31-69(47)57(79)49-19-9-33-71(49)59(81)51-21-11-35-73(51)61(83)52-22-12-36-74(52)60(82)50-20-10-34-72(50)58(80)48-18-8-32-70(48)56(78)46-16-6-30-68(46)54(76)39-23-25-43(64-37-39)41-13-1-3-27-62-41/h1-4,13-14,23-28,37-38,45-52H,5-12,15-22,29-36H2,(H,66,75)/t45-,46-,47-,48-,49-,50-,51-,52-/m0/s1. The van der Waals surface area contributed by atoms with Crippen LogP contribution in [0.5, 0.6) is 0 Å². The predicted molar refractivity (Wildman–Crippen MR) is 301 cm³/mol. The van der Waals surface area contributed by atoms with Gasteiger partial charge in [-0.2, -0.15) is 0 Å². The Hall–Kier alpha value is -8.17. The summed E-state index contributed by atoms with van der Waals surface area (Å²) >= 11 is 0. The summed E-state index contributed by atoms with van der Waals surface area (Å²) in [5.74, 6) is -2.75. The highest BCUT2D eigenvalue weighted by Gasteiger charge is 2.51. The molecule has 4 aromatic heterocycles. The number of nitrogens with one attached hydrogen (secondary N) is 1. The van der Waals surface area contributed by atoms with E-state index in [2.05, 4.69) is 25.3 Å². The van der Waals surface area contributed by atoms with Crippen LogP contribution in [0.2, 0.25) is 0 Å². The van der Waals surface area contributed by atoms with E-state index < -0.39 is 48.3 Å². The van der Waals surface area contributed by atoms with Gasteiger partial charge in [-0.1, -0.05) is 12.1 Å². The minimum atomic E-state index is -0.830. The lowest BCUT2D eigenvalue weighted by Crippen LogP contribution is -2.59. The highest BCUT2D eigenvalue weighted by atomic mass is 16.2. The van der Waals surface area contributed by atoms with Crippen molar-refractivity contribution < 1.29 is 43.2 Å². The number of carbonyl (C=O) groups is 9. The summed E-state index contributed by atoms with van der Waals surface area (Å²) in [6.45, 7) is 2.77. The first-order valence-corrected chi connectivity index (χ1v) is 30.0. The Morgan fingerprint density at radius 1 is 0.325 bits per heavy atom. The summed E-state index contributed by atoms with van der Waals surface area (Å²) < 4.78 is 0. The fourth-order valence-corrected chi connectivity index (χ4v) is 14.3. The molecule has 434 valence electrons. The highest BCUT2D eigenvalue weighted by molar-refractivity contribution is 6.02. The molecule has 0 unspecified atom stereocenters. The summed E-state index contributed by atoms with van der Waals surface area (Å²) in [4.78, 5) is 160. The van der Waals surface area contributed by atoms with Crippen LogP contribution in [0, 0.1) is 0 Å². The summed E-state index contributed by atoms with van der Waals surface area (Å²) in [7, 11) is 0. The van der Waals surface area contributed by atoms with Crippen LogP contribution >= 0.6 is 0 Å². The number of amides is 9. The molecular formula is C61H71N13O9. The van der Waals surface area contributed by atoms with Gasteiger partial charge in [0.25, 0.3) is 5.91 Å². The number of rotatable bonds is 12. The molecule has 22 heteroatoms. The molecule has 22 nitrogen and oxygen atoms in total. The van der Waals surface area contributed by atoms with Gasteiger partial charge in [0.1, 0.15) is 48.3 Å². The van der Waals surface area contributed by atoms with Crippen molar-refractivity contribution in [1.82, 2.24) is 59.1 Å². The first kappa shape index (κ1) is 55.4. The fourth-order valence-electron chi connectivity index (χ4n) is 14.3. The third-order valence-electron chi connectivity index (χ3n) is 18.5. The largest absolute Gasteiger partial charge is 0.329 e. The maximum absolute atomic E-state index is 14.8. The van der Waals surface area contributed by atoms with E-state index in [0.29, 0.717) is 189 Å². The molecule has 4 aromatic rings. The number of aromatic nitrogens is 4. The van der Waals surface area contributed by atoms with E-state index >= 15 is 0 Å². The summed E-state index contributed by atoms with van der Waals surface area (Å²) in [5, 5.41) is 2.93. The molecule has 9 amide bonds. The maximum atomic E-state index is 14.8. The van der Waals surface area contributed by atoms with Crippen LogP contribution in [0.3, 0.4) is 0 Å². The molecule has 0 aliphatic carbocycles. The predicted octanol–water partition coefficient (Wildman–Crippen LogP) is 3.78. The third-order valence-corrected chi connectivity index (χ3v) is 18.5. The first-order chi connectivity index (χ1) is 40.4. The van der Waals surface area contributed by atoms with E-state index in [0.717, 1.165) is 0 Å². The molecule has 8 saturated heterocycles. The number of nitrogens with zero attached hydrogens (tertiary/aromatic N) is 12. The topological polar surface area (TPSA) is 243 Å². The molecule has 0 radical (unpaired) electrons. The second-order valence-corrected chi connectivity index (χ2v) is 23.3. The molecule has 1 N–H and O–H groups in total. The minimum Gasteiger partial charge on any atom is -0.329 e. The zero-order valence-electron chi connectivity index (χ0n) is 46.7. The lowest BCUT2D eigenvalue weighted by molar-refractivity contribution is -0.155. The van der Waals surface area contributed by atoms with Crippen LogP contribution in [0.15, 0.2) is 85.5 Å². The van der Waals surface area contributed by atoms with E-state index in [1.807, 2.05) is 36.4 Å². The monoisotopic (exact) mass is 1130 g/mol. The van der Waals surface area contributed by atoms with Gasteiger partial charge < -0.3 is 44.5 Å². The van der Waals surface area contributed by atoms with Gasteiger partial charge in [-0.05, 0) is 151 Å². The number of anilines is 1. The molecule has 12 heterocycles. The number of hydrogen-bond donors (Lipinski definition) is 1. The van der Waals surface area contributed by atoms with Crippen molar-refractivity contribution in [3.05, 3.63) is 91.0 Å². The zero-order chi connectivity index (χ0) is 57.3. The molecular weight excluding hydrogens is 1060 g/mol. The van der Waals surface area contributed by atoms with E-state index in [1.54, 1.807) is 82.1 Å². The van der Waals surface area contributed by atoms with E-state index in [4.69, 9.17) is 0 Å². The van der Waals surface area contributed by atoms with Gasteiger partial charge in [0.2, 0.25) is 47.3 Å². The molecule has 8 aliphatic rings. The second kappa shape index (κ2) is 24.0. The van der Waals surface area contributed by atoms with Crippen molar-refractivity contribution in [2.24, 2.45) is 0 Å². The Balaban J connectivity index is 0.661. The molecule has 0 bridgehead atoms. The molecule has 8 fully saturated rings. The summed E-state index contributed by atoms with van der Waals surface area (Å²) in [5.41, 5.74) is 3.50. The van der Waals surface area contributed by atoms with Crippen LogP contribution in [-0.4, -0.2) is 213 Å². The summed E-state index contributed by atoms with van der Waals surface area (Å²) in [6.07, 6.45) is 14.6. The van der Waals surface area contributed by atoms with Gasteiger partial charge in [0.15, 0.2) is 0 Å². The van der Waals surface area contributed by atoms with Crippen molar-refractivity contribution in [2.75, 3.05) is 57.7 Å². The lowest BCUT2D eigenvalue weighted by atomic mass is 10.1. The van der Waals surface area contributed by atoms with Crippen LogP contribution in [-0.2, 0) is 38.4 Å². The Bertz CT molecular complexity index is 3130. The molecule has 12 rings (SSSR count). The normalized spacial score (nSPS) is 26.1. The van der Waals surface area contributed by atoms with Gasteiger partial charge in [-0.25, -0.2) is 0 Å². The Kier molecular flexibility index (Phi) is 16.0. The van der Waals surface area contributed by atoms with Crippen LogP contribution < -0.4 is 5.32 Å². The lowest BCUT2D eigenvalue weighted by Gasteiger charge is -2.37. The Morgan fingerprint density at radius 3 is 0.940 bits per heavy atom. The zero-order valence-corrected chi connectivity index (χ0v) is 46.7. The van der Waals surface area contributed by atoms with Gasteiger partial charge in [-0.3, -0.25) is 63.1 Å². The van der Waals surface area contributed by atoms with E-state index in [1.165, 1.54) is 6.20 Å². The molecule has 83 heavy (non-hydrogen) atoms. The Labute approximate surface area is 481 Å². The van der Waals surface area contributed by atoms with E-state index in [-0.39, 0.29) is 53.2 Å².